The first kappa shape index (κ1) is 15.9. The van der Waals surface area contributed by atoms with Crippen molar-refractivity contribution in [2.24, 2.45) is 0 Å². The summed E-state index contributed by atoms with van der Waals surface area (Å²) in [6.07, 6.45) is 2.10. The summed E-state index contributed by atoms with van der Waals surface area (Å²) in [4.78, 5) is 11.9. The molecule has 0 saturated carbocycles. The summed E-state index contributed by atoms with van der Waals surface area (Å²) in [5.74, 6) is 1.05. The van der Waals surface area contributed by atoms with Gasteiger partial charge in [0.1, 0.15) is 11.5 Å². The first-order valence-electron chi connectivity index (χ1n) is 7.35. The lowest BCUT2D eigenvalue weighted by atomic mass is 10.1. The molecule has 0 heterocycles. The number of phenols is 1. The zero-order chi connectivity index (χ0) is 15.8. The molecule has 0 aliphatic heterocycles. The third kappa shape index (κ3) is 5.13. The van der Waals surface area contributed by atoms with E-state index >= 15 is 0 Å². The highest BCUT2D eigenvalue weighted by Crippen LogP contribution is 2.13. The average molecular weight is 299 g/mol. The Bertz CT molecular complexity index is 608. The molecule has 0 atom stereocenters. The van der Waals surface area contributed by atoms with Crippen molar-refractivity contribution < 1.29 is 14.6 Å². The van der Waals surface area contributed by atoms with Crippen LogP contribution in [0.3, 0.4) is 0 Å². The molecule has 0 aliphatic rings. The molecule has 4 heteroatoms. The van der Waals surface area contributed by atoms with Gasteiger partial charge in [0, 0.05) is 6.54 Å². The summed E-state index contributed by atoms with van der Waals surface area (Å²) in [6, 6.07) is 14.7. The summed E-state index contributed by atoms with van der Waals surface area (Å²) in [6.45, 7) is 0.643. The number of rotatable bonds is 7. The van der Waals surface area contributed by atoms with Crippen molar-refractivity contribution in [1.29, 1.82) is 0 Å². The monoisotopic (exact) mass is 299 g/mol. The second-order valence-electron chi connectivity index (χ2n) is 5.15. The van der Waals surface area contributed by atoms with Crippen LogP contribution >= 0.6 is 0 Å². The Morgan fingerprint density at radius 1 is 1.14 bits per heavy atom. The van der Waals surface area contributed by atoms with Crippen LogP contribution in [0.25, 0.3) is 0 Å². The molecule has 1 amide bonds. The van der Waals surface area contributed by atoms with E-state index in [0.717, 1.165) is 29.7 Å². The zero-order valence-electron chi connectivity index (χ0n) is 12.7. The molecular formula is C18H21NO3. The Labute approximate surface area is 130 Å². The topological polar surface area (TPSA) is 58.6 Å². The van der Waals surface area contributed by atoms with Crippen molar-refractivity contribution in [3.05, 3.63) is 59.7 Å². The molecule has 2 aromatic rings. The van der Waals surface area contributed by atoms with E-state index in [1.807, 2.05) is 36.4 Å². The van der Waals surface area contributed by atoms with E-state index in [4.69, 9.17) is 4.74 Å². The van der Waals surface area contributed by atoms with Crippen LogP contribution in [0.1, 0.15) is 17.5 Å². The lowest BCUT2D eigenvalue weighted by molar-refractivity contribution is -0.120. The molecule has 0 saturated heterocycles. The maximum absolute atomic E-state index is 11.9. The van der Waals surface area contributed by atoms with E-state index in [2.05, 4.69) is 5.32 Å². The number of ether oxygens (including phenoxy) is 1. The van der Waals surface area contributed by atoms with Crippen LogP contribution in [-0.2, 0) is 17.6 Å². The number of aromatic hydroxyl groups is 1. The van der Waals surface area contributed by atoms with Crippen LogP contribution in [0.15, 0.2) is 48.5 Å². The van der Waals surface area contributed by atoms with Gasteiger partial charge in [-0.15, -0.1) is 0 Å². The molecule has 0 aliphatic carbocycles. The Morgan fingerprint density at radius 2 is 1.91 bits per heavy atom. The lowest BCUT2D eigenvalue weighted by Crippen LogP contribution is -2.26. The van der Waals surface area contributed by atoms with E-state index < -0.39 is 0 Å². The van der Waals surface area contributed by atoms with Gasteiger partial charge in [0.2, 0.25) is 5.91 Å². The van der Waals surface area contributed by atoms with Gasteiger partial charge in [0.15, 0.2) is 0 Å². The number of aryl methyl sites for hydroxylation is 1. The molecule has 116 valence electrons. The fourth-order valence-electron chi connectivity index (χ4n) is 2.21. The molecule has 0 aromatic heterocycles. The highest BCUT2D eigenvalue weighted by Gasteiger charge is 2.04. The van der Waals surface area contributed by atoms with Gasteiger partial charge in [-0.25, -0.2) is 0 Å². The first-order chi connectivity index (χ1) is 10.7. The smallest absolute Gasteiger partial charge is 0.224 e. The van der Waals surface area contributed by atoms with Gasteiger partial charge in [-0.2, -0.15) is 0 Å². The zero-order valence-corrected chi connectivity index (χ0v) is 12.7. The molecule has 2 rings (SSSR count). The van der Waals surface area contributed by atoms with E-state index in [1.165, 1.54) is 0 Å². The SMILES string of the molecule is COc1cccc(CC(=O)NCCCc2ccc(O)cc2)c1. The number of hydrogen-bond acceptors (Lipinski definition) is 3. The molecule has 0 unspecified atom stereocenters. The second-order valence-corrected chi connectivity index (χ2v) is 5.15. The normalized spacial score (nSPS) is 10.2. The van der Waals surface area contributed by atoms with Crippen LogP contribution in [0.2, 0.25) is 0 Å². The number of benzene rings is 2. The summed E-state index contributed by atoms with van der Waals surface area (Å²) in [5, 5.41) is 12.1. The fourth-order valence-corrected chi connectivity index (χ4v) is 2.21. The van der Waals surface area contributed by atoms with Crippen LogP contribution in [0, 0.1) is 0 Å². The third-order valence-corrected chi connectivity index (χ3v) is 3.40. The summed E-state index contributed by atoms with van der Waals surface area (Å²) < 4.78 is 5.14. The van der Waals surface area contributed by atoms with Gasteiger partial charge in [-0.05, 0) is 48.2 Å². The van der Waals surface area contributed by atoms with Crippen LogP contribution in [0.5, 0.6) is 11.5 Å². The van der Waals surface area contributed by atoms with E-state index in [-0.39, 0.29) is 11.7 Å². The molecular weight excluding hydrogens is 278 g/mol. The van der Waals surface area contributed by atoms with Gasteiger partial charge in [0.25, 0.3) is 0 Å². The largest absolute Gasteiger partial charge is 0.508 e. The molecule has 22 heavy (non-hydrogen) atoms. The van der Waals surface area contributed by atoms with Crippen LogP contribution in [-0.4, -0.2) is 24.7 Å². The number of carbonyl (C=O) groups is 1. The highest BCUT2D eigenvalue weighted by molar-refractivity contribution is 5.78. The minimum absolute atomic E-state index is 0.0129. The van der Waals surface area contributed by atoms with Gasteiger partial charge >= 0.3 is 0 Å². The minimum atomic E-state index is 0.0129. The average Bonchev–Trinajstić information content (AvgIpc) is 2.53. The van der Waals surface area contributed by atoms with Gasteiger partial charge < -0.3 is 15.2 Å². The van der Waals surface area contributed by atoms with Crippen molar-refractivity contribution in [3.63, 3.8) is 0 Å². The van der Waals surface area contributed by atoms with E-state index in [1.54, 1.807) is 19.2 Å². The van der Waals surface area contributed by atoms with Crippen molar-refractivity contribution in [2.45, 2.75) is 19.3 Å². The van der Waals surface area contributed by atoms with E-state index in [0.29, 0.717) is 13.0 Å². The maximum Gasteiger partial charge on any atom is 0.224 e. The van der Waals surface area contributed by atoms with Gasteiger partial charge in [-0.3, -0.25) is 4.79 Å². The Morgan fingerprint density at radius 3 is 2.64 bits per heavy atom. The summed E-state index contributed by atoms with van der Waals surface area (Å²) in [7, 11) is 1.61. The quantitative estimate of drug-likeness (QED) is 0.773. The number of carbonyl (C=O) groups excluding carboxylic acids is 1. The number of methoxy groups -OCH3 is 1. The van der Waals surface area contributed by atoms with Crippen molar-refractivity contribution >= 4 is 5.91 Å². The maximum atomic E-state index is 11.9. The number of amides is 1. The predicted octanol–water partition coefficient (Wildman–Crippen LogP) is 2.69. The molecule has 0 fully saturated rings. The number of phenolic OH excluding ortho intramolecular Hbond substituents is 1. The summed E-state index contributed by atoms with van der Waals surface area (Å²) in [5.41, 5.74) is 2.09. The van der Waals surface area contributed by atoms with Gasteiger partial charge in [0.05, 0.1) is 13.5 Å². The van der Waals surface area contributed by atoms with Crippen molar-refractivity contribution in [1.82, 2.24) is 5.32 Å². The third-order valence-electron chi connectivity index (χ3n) is 3.40. The van der Waals surface area contributed by atoms with Crippen molar-refractivity contribution in [2.75, 3.05) is 13.7 Å². The Hall–Kier alpha value is -2.49. The standard InChI is InChI=1S/C18H21NO3/c1-22-17-6-2-4-15(12-17)13-18(21)19-11-3-5-14-7-9-16(20)10-8-14/h2,4,6-10,12,20H,3,5,11,13H2,1H3,(H,19,21). The molecule has 0 spiro atoms. The predicted molar refractivity (Wildman–Crippen MR) is 86.1 cm³/mol. The van der Waals surface area contributed by atoms with Gasteiger partial charge in [-0.1, -0.05) is 24.3 Å². The highest BCUT2D eigenvalue weighted by atomic mass is 16.5. The van der Waals surface area contributed by atoms with Crippen LogP contribution < -0.4 is 10.1 Å². The first-order valence-corrected chi connectivity index (χ1v) is 7.35. The molecule has 2 N–H and O–H groups in total. The molecule has 0 radical (unpaired) electrons. The van der Waals surface area contributed by atoms with Crippen molar-refractivity contribution in [3.8, 4) is 11.5 Å². The number of nitrogens with one attached hydrogen (secondary N) is 1. The lowest BCUT2D eigenvalue weighted by Gasteiger charge is -2.07. The molecule has 2 aromatic carbocycles. The Kier molecular flexibility index (Phi) is 5.83. The van der Waals surface area contributed by atoms with E-state index in [9.17, 15) is 9.90 Å². The second kappa shape index (κ2) is 8.08. The fraction of sp³-hybridized carbons (Fsp3) is 0.278. The Balaban J connectivity index is 1.70. The minimum Gasteiger partial charge on any atom is -0.508 e. The molecule has 0 bridgehead atoms. The number of hydrogen-bond donors (Lipinski definition) is 2. The summed E-state index contributed by atoms with van der Waals surface area (Å²) >= 11 is 0. The van der Waals surface area contributed by atoms with Crippen LogP contribution in [0.4, 0.5) is 0 Å². The molecule has 4 nitrogen and oxygen atoms in total.